The van der Waals surface area contributed by atoms with Gasteiger partial charge in [-0.2, -0.15) is 0 Å². The Morgan fingerprint density at radius 3 is 2.50 bits per heavy atom. The summed E-state index contributed by atoms with van der Waals surface area (Å²) in [5.41, 5.74) is 2.35. The summed E-state index contributed by atoms with van der Waals surface area (Å²) in [5, 5.41) is 0.724. The lowest BCUT2D eigenvalue weighted by Crippen LogP contribution is -2.47. The molecule has 3 heterocycles. The van der Waals surface area contributed by atoms with Gasteiger partial charge in [0.15, 0.2) is 0 Å². The van der Waals surface area contributed by atoms with Crippen LogP contribution in [0.25, 0.3) is 11.0 Å². The molecule has 0 N–H and O–H groups in total. The van der Waals surface area contributed by atoms with Crippen LogP contribution in [0, 0.1) is 5.92 Å². The first kappa shape index (κ1) is 15.9. The predicted octanol–water partition coefficient (Wildman–Crippen LogP) is 3.82. The minimum absolute atomic E-state index is 0.724. The molecule has 1 saturated carbocycles. The normalized spacial score (nSPS) is 17.9. The Hall–Kier alpha value is -2.27. The average molecular weight is 368 g/mol. The maximum absolute atomic E-state index is 6.32. The molecule has 0 unspecified atom stereocenters. The Bertz CT molecular complexity index is 925. The van der Waals surface area contributed by atoms with E-state index in [1.54, 1.807) is 0 Å². The lowest BCUT2D eigenvalue weighted by atomic mass is 10.3. The first-order chi connectivity index (χ1) is 12.8. The predicted molar refractivity (Wildman–Crippen MR) is 106 cm³/mol. The molecule has 0 amide bonds. The highest BCUT2D eigenvalue weighted by molar-refractivity contribution is 6.32. The van der Waals surface area contributed by atoms with Crippen LogP contribution in [0.1, 0.15) is 12.8 Å². The van der Waals surface area contributed by atoms with Gasteiger partial charge in [-0.15, -0.1) is 0 Å². The van der Waals surface area contributed by atoms with Gasteiger partial charge in [0, 0.05) is 38.9 Å². The zero-order valence-electron chi connectivity index (χ0n) is 14.7. The Morgan fingerprint density at radius 1 is 0.962 bits per heavy atom. The molecule has 26 heavy (non-hydrogen) atoms. The molecule has 0 radical (unpaired) electrons. The summed E-state index contributed by atoms with van der Waals surface area (Å²) in [6.07, 6.45) is 4.50. The van der Waals surface area contributed by atoms with Gasteiger partial charge in [0.1, 0.15) is 5.82 Å². The quantitative estimate of drug-likeness (QED) is 0.702. The largest absolute Gasteiger partial charge is 0.352 e. The van der Waals surface area contributed by atoms with Crippen LogP contribution in [-0.2, 0) is 6.54 Å². The van der Waals surface area contributed by atoms with Crippen molar-refractivity contribution >= 4 is 34.4 Å². The topological polar surface area (TPSA) is 37.2 Å². The molecule has 2 aliphatic rings. The van der Waals surface area contributed by atoms with Crippen molar-refractivity contribution in [2.75, 3.05) is 36.0 Å². The molecule has 1 saturated heterocycles. The summed E-state index contributed by atoms with van der Waals surface area (Å²) >= 11 is 6.32. The van der Waals surface area contributed by atoms with E-state index in [1.165, 1.54) is 18.4 Å². The third-order valence-corrected chi connectivity index (χ3v) is 5.67. The van der Waals surface area contributed by atoms with Gasteiger partial charge >= 0.3 is 0 Å². The minimum atomic E-state index is 0.724. The summed E-state index contributed by atoms with van der Waals surface area (Å²) in [4.78, 5) is 14.1. The van der Waals surface area contributed by atoms with Crippen LogP contribution < -0.4 is 9.80 Å². The number of aromatic nitrogens is 3. The fourth-order valence-corrected chi connectivity index (χ4v) is 4.01. The summed E-state index contributed by atoms with van der Waals surface area (Å²) in [6, 6.07) is 12.3. The Kier molecular flexibility index (Phi) is 3.97. The van der Waals surface area contributed by atoms with Gasteiger partial charge in [-0.1, -0.05) is 23.7 Å². The number of imidazole rings is 1. The van der Waals surface area contributed by atoms with Crippen molar-refractivity contribution in [2.45, 2.75) is 19.4 Å². The van der Waals surface area contributed by atoms with Crippen LogP contribution in [0.3, 0.4) is 0 Å². The lowest BCUT2D eigenvalue weighted by molar-refractivity contribution is 0.590. The van der Waals surface area contributed by atoms with Gasteiger partial charge in [-0.25, -0.2) is 9.97 Å². The van der Waals surface area contributed by atoms with Crippen molar-refractivity contribution in [3.63, 3.8) is 0 Å². The Balaban J connectivity index is 1.40. The number of benzene rings is 1. The van der Waals surface area contributed by atoms with Crippen molar-refractivity contribution in [2.24, 2.45) is 5.92 Å². The number of anilines is 2. The standard InChI is InChI=1S/C20H22ClN5/c21-16-4-3-9-22-19(16)24-10-12-25(13-11-24)20-23-17-5-1-2-6-18(17)26(20)14-15-7-8-15/h1-6,9,15H,7-8,10-14H2. The van der Waals surface area contributed by atoms with Gasteiger partial charge < -0.3 is 14.4 Å². The third kappa shape index (κ3) is 2.90. The van der Waals surface area contributed by atoms with E-state index in [9.17, 15) is 0 Å². The number of halogens is 1. The molecule has 1 aromatic carbocycles. The average Bonchev–Trinajstić information content (AvgIpc) is 3.43. The fraction of sp³-hybridized carbons (Fsp3) is 0.400. The Morgan fingerprint density at radius 2 is 1.73 bits per heavy atom. The highest BCUT2D eigenvalue weighted by Crippen LogP contribution is 2.34. The second kappa shape index (κ2) is 6.47. The molecule has 0 atom stereocenters. The number of nitrogens with zero attached hydrogens (tertiary/aromatic N) is 5. The molecule has 1 aliphatic heterocycles. The van der Waals surface area contributed by atoms with Gasteiger partial charge in [0.25, 0.3) is 0 Å². The van der Waals surface area contributed by atoms with Crippen molar-refractivity contribution < 1.29 is 0 Å². The first-order valence-corrected chi connectivity index (χ1v) is 9.73. The maximum atomic E-state index is 6.32. The second-order valence-corrected chi connectivity index (χ2v) is 7.64. The molecule has 2 fully saturated rings. The zero-order valence-corrected chi connectivity index (χ0v) is 15.4. The molecule has 1 aliphatic carbocycles. The monoisotopic (exact) mass is 367 g/mol. The van der Waals surface area contributed by atoms with E-state index >= 15 is 0 Å². The highest BCUT2D eigenvalue weighted by Gasteiger charge is 2.27. The number of piperazine rings is 1. The number of fused-ring (bicyclic) bond motifs is 1. The van der Waals surface area contributed by atoms with Crippen molar-refractivity contribution in [1.82, 2.24) is 14.5 Å². The van der Waals surface area contributed by atoms with E-state index in [1.807, 2.05) is 18.3 Å². The highest BCUT2D eigenvalue weighted by atomic mass is 35.5. The molecular formula is C20H22ClN5. The molecule has 134 valence electrons. The van der Waals surface area contributed by atoms with Crippen LogP contribution in [0.15, 0.2) is 42.6 Å². The van der Waals surface area contributed by atoms with Crippen LogP contribution in [0.4, 0.5) is 11.8 Å². The Labute approximate surface area is 158 Å². The van der Waals surface area contributed by atoms with E-state index in [0.29, 0.717) is 0 Å². The summed E-state index contributed by atoms with van der Waals surface area (Å²) in [5.74, 6) is 2.82. The summed E-state index contributed by atoms with van der Waals surface area (Å²) in [7, 11) is 0. The second-order valence-electron chi connectivity index (χ2n) is 7.24. The van der Waals surface area contributed by atoms with E-state index in [2.05, 4.69) is 43.6 Å². The van der Waals surface area contributed by atoms with Gasteiger partial charge in [-0.3, -0.25) is 0 Å². The fourth-order valence-electron chi connectivity index (χ4n) is 3.77. The van der Waals surface area contributed by atoms with E-state index in [-0.39, 0.29) is 0 Å². The molecule has 2 aromatic heterocycles. The third-order valence-electron chi connectivity index (χ3n) is 5.37. The number of pyridine rings is 1. The molecule has 5 rings (SSSR count). The van der Waals surface area contributed by atoms with Crippen molar-refractivity contribution in [3.05, 3.63) is 47.6 Å². The van der Waals surface area contributed by atoms with E-state index in [4.69, 9.17) is 16.6 Å². The van der Waals surface area contributed by atoms with Gasteiger partial charge in [-0.05, 0) is 43.0 Å². The summed E-state index contributed by atoms with van der Waals surface area (Å²) in [6.45, 7) is 4.76. The van der Waals surface area contributed by atoms with Crippen LogP contribution in [0.2, 0.25) is 5.02 Å². The van der Waals surface area contributed by atoms with Crippen molar-refractivity contribution in [3.8, 4) is 0 Å². The molecule has 0 bridgehead atoms. The molecule has 5 nitrogen and oxygen atoms in total. The molecule has 0 spiro atoms. The van der Waals surface area contributed by atoms with Crippen molar-refractivity contribution in [1.29, 1.82) is 0 Å². The number of rotatable bonds is 4. The van der Waals surface area contributed by atoms with Crippen LogP contribution in [-0.4, -0.2) is 40.7 Å². The van der Waals surface area contributed by atoms with Gasteiger partial charge in [0.05, 0.1) is 16.1 Å². The zero-order chi connectivity index (χ0) is 17.5. The number of para-hydroxylation sites is 2. The van der Waals surface area contributed by atoms with E-state index < -0.39 is 0 Å². The van der Waals surface area contributed by atoms with E-state index in [0.717, 1.165) is 60.9 Å². The minimum Gasteiger partial charge on any atom is -0.352 e. The lowest BCUT2D eigenvalue weighted by Gasteiger charge is -2.36. The smallest absolute Gasteiger partial charge is 0.206 e. The number of hydrogen-bond acceptors (Lipinski definition) is 4. The molecular weight excluding hydrogens is 346 g/mol. The summed E-state index contributed by atoms with van der Waals surface area (Å²) < 4.78 is 2.43. The first-order valence-electron chi connectivity index (χ1n) is 9.35. The SMILES string of the molecule is Clc1cccnc1N1CCN(c2nc3ccccc3n2CC2CC2)CC1. The molecule has 3 aromatic rings. The van der Waals surface area contributed by atoms with Gasteiger partial charge in [0.2, 0.25) is 5.95 Å². The van der Waals surface area contributed by atoms with Crippen LogP contribution >= 0.6 is 11.6 Å². The van der Waals surface area contributed by atoms with Crippen LogP contribution in [0.5, 0.6) is 0 Å². The molecule has 6 heteroatoms. The maximum Gasteiger partial charge on any atom is 0.206 e. The number of hydrogen-bond donors (Lipinski definition) is 0.